The standard InChI is InChI=1S/2C4H10O.Ti/c2*1-4(2)3-5;/h2*4-5H,3H2,1-2H3;. The Kier molecular flexibility index (Phi) is 21.2. The molecular formula is C8H20O2Ti. The van der Waals surface area contributed by atoms with Crippen molar-refractivity contribution in [2.24, 2.45) is 11.8 Å². The minimum Gasteiger partial charge on any atom is -0.396 e. The van der Waals surface area contributed by atoms with Gasteiger partial charge in [0.05, 0.1) is 0 Å². The van der Waals surface area contributed by atoms with Gasteiger partial charge in [-0.1, -0.05) is 27.7 Å². The van der Waals surface area contributed by atoms with Crippen LogP contribution in [-0.2, 0) is 21.7 Å². The van der Waals surface area contributed by atoms with Gasteiger partial charge in [0.25, 0.3) is 0 Å². The molecule has 0 bridgehead atoms. The zero-order valence-electron chi connectivity index (χ0n) is 7.96. The normalized spacial score (nSPS) is 8.73. The van der Waals surface area contributed by atoms with Crippen LogP contribution in [0.4, 0.5) is 0 Å². The fourth-order valence-electron chi connectivity index (χ4n) is 0. The summed E-state index contributed by atoms with van der Waals surface area (Å²) in [5.41, 5.74) is 0. The van der Waals surface area contributed by atoms with E-state index in [1.165, 1.54) is 0 Å². The average Bonchev–Trinajstić information content (AvgIpc) is 1.89. The molecule has 0 radical (unpaired) electrons. The van der Waals surface area contributed by atoms with Gasteiger partial charge in [-0.25, -0.2) is 0 Å². The van der Waals surface area contributed by atoms with E-state index in [-0.39, 0.29) is 21.7 Å². The number of hydrogen-bond acceptors (Lipinski definition) is 2. The first-order valence-corrected chi connectivity index (χ1v) is 3.76. The summed E-state index contributed by atoms with van der Waals surface area (Å²) in [6.07, 6.45) is 0. The summed E-state index contributed by atoms with van der Waals surface area (Å²) in [6.45, 7) is 8.50. The molecular weight excluding hydrogens is 176 g/mol. The first kappa shape index (κ1) is 17.6. The second kappa shape index (κ2) is 13.2. The molecule has 0 saturated heterocycles. The van der Waals surface area contributed by atoms with Crippen molar-refractivity contribution in [3.05, 3.63) is 0 Å². The molecule has 2 N–H and O–H groups in total. The van der Waals surface area contributed by atoms with E-state index in [1.54, 1.807) is 0 Å². The molecule has 68 valence electrons. The predicted molar refractivity (Wildman–Crippen MR) is 43.8 cm³/mol. The molecule has 0 aliphatic carbocycles. The van der Waals surface area contributed by atoms with Crippen molar-refractivity contribution < 1.29 is 31.9 Å². The quantitative estimate of drug-likeness (QED) is 0.653. The van der Waals surface area contributed by atoms with Crippen molar-refractivity contribution >= 4 is 0 Å². The molecule has 0 spiro atoms. The first-order valence-electron chi connectivity index (χ1n) is 3.76. The van der Waals surface area contributed by atoms with Gasteiger partial charge < -0.3 is 10.2 Å². The third-order valence-electron chi connectivity index (χ3n) is 0.730. The number of hydrogen-bond donors (Lipinski definition) is 2. The molecule has 11 heavy (non-hydrogen) atoms. The number of aliphatic hydroxyl groups excluding tert-OH is 2. The molecule has 0 aliphatic rings. The van der Waals surface area contributed by atoms with Crippen LogP contribution in [0.15, 0.2) is 0 Å². The monoisotopic (exact) mass is 196 g/mol. The van der Waals surface area contributed by atoms with Gasteiger partial charge in [-0.3, -0.25) is 0 Å². The second-order valence-electron chi connectivity index (χ2n) is 3.15. The van der Waals surface area contributed by atoms with Crippen LogP contribution in [0.2, 0.25) is 0 Å². The van der Waals surface area contributed by atoms with Gasteiger partial charge in [0, 0.05) is 34.9 Å². The summed E-state index contributed by atoms with van der Waals surface area (Å²) < 4.78 is 0. The van der Waals surface area contributed by atoms with Crippen molar-refractivity contribution in [1.82, 2.24) is 0 Å². The SMILES string of the molecule is CC(C)CO.CC(C)CO.[Ti]. The van der Waals surface area contributed by atoms with E-state index >= 15 is 0 Å². The molecule has 0 rings (SSSR count). The van der Waals surface area contributed by atoms with Crippen molar-refractivity contribution in [1.29, 1.82) is 0 Å². The third-order valence-corrected chi connectivity index (χ3v) is 0.730. The summed E-state index contributed by atoms with van der Waals surface area (Å²) >= 11 is 0. The van der Waals surface area contributed by atoms with Crippen LogP contribution in [0.5, 0.6) is 0 Å². The van der Waals surface area contributed by atoms with Gasteiger partial charge >= 0.3 is 0 Å². The Hall–Kier alpha value is 0.634. The van der Waals surface area contributed by atoms with Crippen molar-refractivity contribution in [3.8, 4) is 0 Å². The van der Waals surface area contributed by atoms with E-state index in [0.717, 1.165) is 0 Å². The van der Waals surface area contributed by atoms with E-state index in [0.29, 0.717) is 25.0 Å². The molecule has 0 aromatic heterocycles. The van der Waals surface area contributed by atoms with Crippen LogP contribution in [0.25, 0.3) is 0 Å². The van der Waals surface area contributed by atoms with E-state index in [9.17, 15) is 0 Å². The van der Waals surface area contributed by atoms with E-state index in [1.807, 2.05) is 27.7 Å². The number of rotatable bonds is 2. The van der Waals surface area contributed by atoms with Gasteiger partial charge in [0.2, 0.25) is 0 Å². The molecule has 0 heterocycles. The van der Waals surface area contributed by atoms with E-state index in [4.69, 9.17) is 10.2 Å². The molecule has 0 unspecified atom stereocenters. The molecule has 3 heteroatoms. The zero-order valence-corrected chi connectivity index (χ0v) is 9.52. The van der Waals surface area contributed by atoms with Crippen LogP contribution in [0, 0.1) is 11.8 Å². The fraction of sp³-hybridized carbons (Fsp3) is 1.00. The molecule has 0 fully saturated rings. The Bertz CT molecular complexity index is 48.1. The molecule has 0 atom stereocenters. The summed E-state index contributed by atoms with van der Waals surface area (Å²) in [5.74, 6) is 0.880. The van der Waals surface area contributed by atoms with Gasteiger partial charge in [0.1, 0.15) is 0 Å². The minimum atomic E-state index is 0. The van der Waals surface area contributed by atoms with Gasteiger partial charge in [-0.2, -0.15) is 0 Å². The Morgan fingerprint density at radius 2 is 0.909 bits per heavy atom. The Balaban J connectivity index is -0.000000107. The largest absolute Gasteiger partial charge is 0.396 e. The predicted octanol–water partition coefficient (Wildman–Crippen LogP) is 1.27. The molecule has 0 aromatic carbocycles. The molecule has 0 aromatic rings. The maximum Gasteiger partial charge on any atom is 0.0453 e. The van der Waals surface area contributed by atoms with Crippen LogP contribution in [0.1, 0.15) is 27.7 Å². The van der Waals surface area contributed by atoms with E-state index in [2.05, 4.69) is 0 Å². The summed E-state index contributed by atoms with van der Waals surface area (Å²) in [5, 5.41) is 16.3. The number of aliphatic hydroxyl groups is 2. The fourth-order valence-corrected chi connectivity index (χ4v) is 0. The van der Waals surface area contributed by atoms with Crippen molar-refractivity contribution in [3.63, 3.8) is 0 Å². The third kappa shape index (κ3) is 36.9. The molecule has 0 saturated carbocycles. The smallest absolute Gasteiger partial charge is 0.0453 e. The zero-order chi connectivity index (χ0) is 8.57. The summed E-state index contributed by atoms with van der Waals surface area (Å²) in [6, 6.07) is 0. The van der Waals surface area contributed by atoms with Crippen molar-refractivity contribution in [2.45, 2.75) is 27.7 Å². The van der Waals surface area contributed by atoms with Crippen LogP contribution in [-0.4, -0.2) is 23.4 Å². The Morgan fingerprint density at radius 3 is 0.909 bits per heavy atom. The van der Waals surface area contributed by atoms with Crippen LogP contribution >= 0.6 is 0 Å². The van der Waals surface area contributed by atoms with Gasteiger partial charge in [0.15, 0.2) is 0 Å². The van der Waals surface area contributed by atoms with E-state index < -0.39 is 0 Å². The van der Waals surface area contributed by atoms with Gasteiger partial charge in [-0.15, -0.1) is 0 Å². The summed E-state index contributed by atoms with van der Waals surface area (Å²) in [7, 11) is 0. The second-order valence-corrected chi connectivity index (χ2v) is 3.15. The van der Waals surface area contributed by atoms with Crippen molar-refractivity contribution in [2.75, 3.05) is 13.2 Å². The maximum absolute atomic E-state index is 8.14. The van der Waals surface area contributed by atoms with Crippen LogP contribution < -0.4 is 0 Å². The Labute approximate surface area is 84.9 Å². The minimum absolute atomic E-state index is 0. The van der Waals surface area contributed by atoms with Crippen LogP contribution in [0.3, 0.4) is 0 Å². The first-order chi connectivity index (χ1) is 4.54. The maximum atomic E-state index is 8.14. The Morgan fingerprint density at radius 1 is 0.818 bits per heavy atom. The topological polar surface area (TPSA) is 40.5 Å². The molecule has 2 nitrogen and oxygen atoms in total. The van der Waals surface area contributed by atoms with Gasteiger partial charge in [-0.05, 0) is 11.8 Å². The average molecular weight is 196 g/mol. The molecule has 0 amide bonds. The molecule has 0 aliphatic heterocycles. The summed E-state index contributed by atoms with van der Waals surface area (Å²) in [4.78, 5) is 0.